The standard InChI is InChI=1S/C13H11N5O2S/c19-10(8-15-13-14-6-7-21-13)16-12-11(17-20-18-12)9-4-2-1-3-5-9/h1-7H,8H2,(H,14,15)(H,16,18,19). The van der Waals surface area contributed by atoms with Gasteiger partial charge < -0.3 is 10.6 Å². The summed E-state index contributed by atoms with van der Waals surface area (Å²) in [4.78, 5) is 15.9. The van der Waals surface area contributed by atoms with Crippen molar-refractivity contribution in [3.8, 4) is 11.3 Å². The van der Waals surface area contributed by atoms with Crippen molar-refractivity contribution < 1.29 is 9.42 Å². The molecule has 2 N–H and O–H groups in total. The summed E-state index contributed by atoms with van der Waals surface area (Å²) in [6, 6.07) is 9.37. The number of aromatic nitrogens is 3. The number of carbonyl (C=O) groups excluding carboxylic acids is 1. The average molecular weight is 301 g/mol. The van der Waals surface area contributed by atoms with Gasteiger partial charge in [0.1, 0.15) is 0 Å². The molecule has 1 aromatic carbocycles. The third-order valence-electron chi connectivity index (χ3n) is 2.63. The summed E-state index contributed by atoms with van der Waals surface area (Å²) in [5.74, 6) is 0.0465. The number of rotatable bonds is 5. The molecule has 106 valence electrons. The second kappa shape index (κ2) is 6.14. The smallest absolute Gasteiger partial charge is 0.245 e. The molecule has 1 amide bonds. The van der Waals surface area contributed by atoms with E-state index in [1.165, 1.54) is 11.3 Å². The van der Waals surface area contributed by atoms with Crippen molar-refractivity contribution in [1.29, 1.82) is 0 Å². The van der Waals surface area contributed by atoms with Gasteiger partial charge in [0.25, 0.3) is 0 Å². The zero-order valence-electron chi connectivity index (χ0n) is 10.8. The molecule has 0 aliphatic heterocycles. The van der Waals surface area contributed by atoms with Gasteiger partial charge in [0, 0.05) is 17.1 Å². The molecule has 0 aliphatic rings. The first-order valence-corrected chi connectivity index (χ1v) is 7.02. The lowest BCUT2D eigenvalue weighted by molar-refractivity contribution is -0.114. The molecule has 0 fully saturated rings. The van der Waals surface area contributed by atoms with Crippen LogP contribution in [0, 0.1) is 0 Å². The van der Waals surface area contributed by atoms with Crippen molar-refractivity contribution >= 4 is 28.2 Å². The molecule has 8 heteroatoms. The first kappa shape index (κ1) is 13.3. The number of thiazole rings is 1. The van der Waals surface area contributed by atoms with E-state index < -0.39 is 0 Å². The molecule has 2 heterocycles. The van der Waals surface area contributed by atoms with Crippen molar-refractivity contribution in [1.82, 2.24) is 15.3 Å². The third kappa shape index (κ3) is 3.23. The van der Waals surface area contributed by atoms with Gasteiger partial charge in [-0.25, -0.2) is 9.61 Å². The molecular weight excluding hydrogens is 290 g/mol. The highest BCUT2D eigenvalue weighted by atomic mass is 32.1. The van der Waals surface area contributed by atoms with Gasteiger partial charge in [0.15, 0.2) is 10.8 Å². The van der Waals surface area contributed by atoms with E-state index in [9.17, 15) is 4.79 Å². The van der Waals surface area contributed by atoms with E-state index in [4.69, 9.17) is 4.63 Å². The van der Waals surface area contributed by atoms with Crippen LogP contribution in [0.4, 0.5) is 10.9 Å². The minimum atomic E-state index is -0.252. The van der Waals surface area contributed by atoms with Crippen LogP contribution >= 0.6 is 11.3 Å². The van der Waals surface area contributed by atoms with Crippen LogP contribution in [0.2, 0.25) is 0 Å². The van der Waals surface area contributed by atoms with Gasteiger partial charge >= 0.3 is 0 Å². The number of amides is 1. The predicted molar refractivity (Wildman–Crippen MR) is 79.0 cm³/mol. The maximum Gasteiger partial charge on any atom is 0.245 e. The largest absolute Gasteiger partial charge is 0.352 e. The van der Waals surface area contributed by atoms with E-state index in [0.29, 0.717) is 16.6 Å². The van der Waals surface area contributed by atoms with Crippen molar-refractivity contribution in [3.05, 3.63) is 41.9 Å². The van der Waals surface area contributed by atoms with Gasteiger partial charge in [-0.2, -0.15) is 0 Å². The van der Waals surface area contributed by atoms with Crippen LogP contribution in [0.15, 0.2) is 46.5 Å². The summed E-state index contributed by atoms with van der Waals surface area (Å²) < 4.78 is 4.71. The highest BCUT2D eigenvalue weighted by molar-refractivity contribution is 7.13. The van der Waals surface area contributed by atoms with E-state index in [0.717, 1.165) is 5.56 Å². The van der Waals surface area contributed by atoms with Crippen molar-refractivity contribution in [2.45, 2.75) is 0 Å². The fourth-order valence-corrected chi connectivity index (χ4v) is 2.23. The summed E-state index contributed by atoms with van der Waals surface area (Å²) in [6.07, 6.45) is 1.67. The zero-order valence-corrected chi connectivity index (χ0v) is 11.6. The molecule has 0 spiro atoms. The minimum absolute atomic E-state index is 0.0919. The monoisotopic (exact) mass is 301 g/mol. The van der Waals surface area contributed by atoms with Crippen LogP contribution in [0.25, 0.3) is 11.3 Å². The lowest BCUT2D eigenvalue weighted by atomic mass is 10.1. The number of anilines is 2. The molecule has 0 atom stereocenters. The number of hydrogen-bond acceptors (Lipinski definition) is 7. The molecule has 3 rings (SSSR count). The van der Waals surface area contributed by atoms with Crippen molar-refractivity contribution in [3.63, 3.8) is 0 Å². The van der Waals surface area contributed by atoms with Gasteiger partial charge in [0.05, 0.1) is 6.54 Å². The Morgan fingerprint density at radius 2 is 2.10 bits per heavy atom. The molecule has 0 saturated carbocycles. The molecular formula is C13H11N5O2S. The number of nitrogens with one attached hydrogen (secondary N) is 2. The third-order valence-corrected chi connectivity index (χ3v) is 3.36. The van der Waals surface area contributed by atoms with Gasteiger partial charge in [0.2, 0.25) is 11.7 Å². The Kier molecular flexibility index (Phi) is 3.88. The van der Waals surface area contributed by atoms with E-state index in [1.807, 2.05) is 35.7 Å². The topological polar surface area (TPSA) is 92.9 Å². The SMILES string of the molecule is O=C(CNc1nccs1)Nc1nonc1-c1ccccc1. The first-order chi connectivity index (χ1) is 10.3. The molecule has 3 aromatic rings. The number of carbonyl (C=O) groups is 1. The van der Waals surface area contributed by atoms with Crippen molar-refractivity contribution in [2.75, 3.05) is 17.2 Å². The fraction of sp³-hybridized carbons (Fsp3) is 0.0769. The number of hydrogen-bond donors (Lipinski definition) is 2. The van der Waals surface area contributed by atoms with Crippen LogP contribution in [0.3, 0.4) is 0 Å². The highest BCUT2D eigenvalue weighted by Gasteiger charge is 2.14. The second-order valence-electron chi connectivity index (χ2n) is 4.07. The molecule has 0 aliphatic carbocycles. The second-order valence-corrected chi connectivity index (χ2v) is 4.96. The summed E-state index contributed by atoms with van der Waals surface area (Å²) >= 11 is 1.42. The van der Waals surface area contributed by atoms with Crippen LogP contribution in [-0.2, 0) is 4.79 Å². The summed E-state index contributed by atoms with van der Waals surface area (Å²) in [7, 11) is 0. The van der Waals surface area contributed by atoms with Gasteiger partial charge in [-0.1, -0.05) is 30.3 Å². The molecule has 0 unspecified atom stereocenters. The number of benzene rings is 1. The van der Waals surface area contributed by atoms with Crippen molar-refractivity contribution in [2.24, 2.45) is 0 Å². The summed E-state index contributed by atoms with van der Waals surface area (Å²) in [6.45, 7) is 0.0919. The highest BCUT2D eigenvalue weighted by Crippen LogP contribution is 2.23. The lowest BCUT2D eigenvalue weighted by Crippen LogP contribution is -2.22. The van der Waals surface area contributed by atoms with Crippen LogP contribution in [-0.4, -0.2) is 27.7 Å². The quantitative estimate of drug-likeness (QED) is 0.750. The Hall–Kier alpha value is -2.74. The van der Waals surface area contributed by atoms with Crippen LogP contribution < -0.4 is 10.6 Å². The van der Waals surface area contributed by atoms with E-state index >= 15 is 0 Å². The van der Waals surface area contributed by atoms with E-state index in [2.05, 4.69) is 25.9 Å². The van der Waals surface area contributed by atoms with E-state index in [-0.39, 0.29) is 12.5 Å². The Morgan fingerprint density at radius 1 is 1.24 bits per heavy atom. The summed E-state index contributed by atoms with van der Waals surface area (Å²) in [5.41, 5.74) is 1.32. The molecule has 7 nitrogen and oxygen atoms in total. The molecule has 2 aromatic heterocycles. The Bertz CT molecular complexity index is 711. The van der Waals surface area contributed by atoms with Crippen LogP contribution in [0.5, 0.6) is 0 Å². The zero-order chi connectivity index (χ0) is 14.5. The summed E-state index contributed by atoms with van der Waals surface area (Å²) in [5, 5.41) is 15.6. The number of nitrogens with zero attached hydrogens (tertiary/aromatic N) is 3. The predicted octanol–water partition coefficient (Wildman–Crippen LogP) is 2.24. The molecule has 0 radical (unpaired) electrons. The van der Waals surface area contributed by atoms with E-state index in [1.54, 1.807) is 6.20 Å². The van der Waals surface area contributed by atoms with Gasteiger partial charge in [-0.05, 0) is 10.3 Å². The Labute approximate surface area is 124 Å². The molecule has 0 saturated heterocycles. The van der Waals surface area contributed by atoms with Gasteiger partial charge in [-0.3, -0.25) is 4.79 Å². The fourth-order valence-electron chi connectivity index (χ4n) is 1.70. The average Bonchev–Trinajstić information content (AvgIpc) is 3.17. The molecule has 21 heavy (non-hydrogen) atoms. The Balaban J connectivity index is 1.65. The maximum atomic E-state index is 11.9. The van der Waals surface area contributed by atoms with Crippen LogP contribution in [0.1, 0.15) is 0 Å². The maximum absolute atomic E-state index is 11.9. The molecule has 0 bridgehead atoms. The van der Waals surface area contributed by atoms with Gasteiger partial charge in [-0.15, -0.1) is 11.3 Å². The first-order valence-electron chi connectivity index (χ1n) is 6.14. The lowest BCUT2D eigenvalue weighted by Gasteiger charge is -2.04. The normalized spacial score (nSPS) is 10.3. The Morgan fingerprint density at radius 3 is 2.86 bits per heavy atom. The minimum Gasteiger partial charge on any atom is -0.352 e.